The van der Waals surface area contributed by atoms with Crippen molar-refractivity contribution in [2.45, 2.75) is 82.2 Å². The summed E-state index contributed by atoms with van der Waals surface area (Å²) in [5, 5.41) is 11.8. The first-order valence-electron chi connectivity index (χ1n) is 10.3. The molecule has 0 spiro atoms. The SMILES string of the molecule is CC(=O)O[C@H]1CC[C@]2(C)[C@H]3CC[C@]4(C)COC(=O)C[C@H]4[C@@H]3C[C@H](Br)[C@]2(O)C1. The zero-order chi connectivity index (χ0) is 19.6. The molecule has 4 aliphatic rings. The van der Waals surface area contributed by atoms with E-state index in [4.69, 9.17) is 9.47 Å². The number of fused-ring (bicyclic) bond motifs is 5. The molecule has 3 saturated carbocycles. The van der Waals surface area contributed by atoms with Crippen LogP contribution < -0.4 is 0 Å². The molecule has 1 saturated heterocycles. The number of cyclic esters (lactones) is 1. The summed E-state index contributed by atoms with van der Waals surface area (Å²) in [7, 11) is 0. The van der Waals surface area contributed by atoms with E-state index in [0.717, 1.165) is 32.1 Å². The van der Waals surface area contributed by atoms with E-state index < -0.39 is 5.60 Å². The van der Waals surface area contributed by atoms with Gasteiger partial charge in [0.25, 0.3) is 0 Å². The molecule has 0 aromatic heterocycles. The van der Waals surface area contributed by atoms with Gasteiger partial charge >= 0.3 is 11.9 Å². The lowest BCUT2D eigenvalue weighted by molar-refractivity contribution is -0.228. The summed E-state index contributed by atoms with van der Waals surface area (Å²) < 4.78 is 10.9. The summed E-state index contributed by atoms with van der Waals surface area (Å²) in [5.74, 6) is 0.773. The van der Waals surface area contributed by atoms with E-state index in [2.05, 4.69) is 29.8 Å². The molecule has 0 aromatic rings. The highest BCUT2D eigenvalue weighted by Crippen LogP contribution is 2.66. The quantitative estimate of drug-likeness (QED) is 0.495. The smallest absolute Gasteiger partial charge is 0.306 e. The van der Waals surface area contributed by atoms with E-state index in [1.54, 1.807) is 0 Å². The van der Waals surface area contributed by atoms with Crippen molar-refractivity contribution in [2.24, 2.45) is 28.6 Å². The Morgan fingerprint density at radius 2 is 2.00 bits per heavy atom. The average molecular weight is 443 g/mol. The van der Waals surface area contributed by atoms with Crippen molar-refractivity contribution >= 4 is 27.9 Å². The minimum atomic E-state index is -0.893. The number of aliphatic hydroxyl groups is 1. The fourth-order valence-electron chi connectivity index (χ4n) is 6.98. The van der Waals surface area contributed by atoms with Gasteiger partial charge in [0, 0.05) is 35.4 Å². The van der Waals surface area contributed by atoms with Gasteiger partial charge in [-0.2, -0.15) is 0 Å². The Labute approximate surface area is 169 Å². The van der Waals surface area contributed by atoms with Gasteiger partial charge in [0.15, 0.2) is 0 Å². The molecule has 4 fully saturated rings. The number of carbonyl (C=O) groups is 2. The van der Waals surface area contributed by atoms with Crippen LogP contribution in [0.15, 0.2) is 0 Å². The third-order valence-electron chi connectivity index (χ3n) is 8.57. The summed E-state index contributed by atoms with van der Waals surface area (Å²) in [6.45, 7) is 6.46. The predicted molar refractivity (Wildman–Crippen MR) is 103 cm³/mol. The fraction of sp³-hybridized carbons (Fsp3) is 0.905. The molecule has 0 unspecified atom stereocenters. The molecule has 1 aliphatic heterocycles. The van der Waals surface area contributed by atoms with Crippen LogP contribution in [0, 0.1) is 28.6 Å². The van der Waals surface area contributed by atoms with Gasteiger partial charge in [-0.3, -0.25) is 9.59 Å². The molecule has 1 N–H and O–H groups in total. The first-order valence-corrected chi connectivity index (χ1v) is 11.2. The first-order chi connectivity index (χ1) is 12.6. The van der Waals surface area contributed by atoms with Crippen LogP contribution in [0.4, 0.5) is 0 Å². The summed E-state index contributed by atoms with van der Waals surface area (Å²) in [6.07, 6.45) is 5.38. The van der Waals surface area contributed by atoms with Crippen molar-refractivity contribution in [3.8, 4) is 0 Å². The first kappa shape index (κ1) is 19.7. The van der Waals surface area contributed by atoms with E-state index in [9.17, 15) is 14.7 Å². The van der Waals surface area contributed by atoms with Gasteiger partial charge in [-0.1, -0.05) is 29.8 Å². The number of rotatable bonds is 1. The summed E-state index contributed by atoms with van der Waals surface area (Å²) in [5.41, 5.74) is -1.07. The largest absolute Gasteiger partial charge is 0.465 e. The number of ether oxygens (including phenoxy) is 2. The maximum Gasteiger partial charge on any atom is 0.306 e. The van der Waals surface area contributed by atoms with Crippen LogP contribution in [0.1, 0.15) is 65.7 Å². The van der Waals surface area contributed by atoms with Gasteiger partial charge in [-0.25, -0.2) is 0 Å². The Bertz CT molecular complexity index is 652. The standard InChI is InChI=1S/C21H31BrO5/c1-12(23)27-13-4-7-20(3)15-5-6-19(2)11-26-18(24)9-16(19)14(15)8-17(22)21(20,25)10-13/h13-17,25H,4-11H2,1-3H3/t13-,14+,15-,16-,17-,19+,20+,21+/m0/s1. The van der Waals surface area contributed by atoms with E-state index in [1.165, 1.54) is 6.92 Å². The third-order valence-corrected chi connectivity index (χ3v) is 9.70. The van der Waals surface area contributed by atoms with Crippen molar-refractivity contribution in [1.82, 2.24) is 0 Å². The summed E-state index contributed by atoms with van der Waals surface area (Å²) in [4.78, 5) is 23.4. The highest BCUT2D eigenvalue weighted by molar-refractivity contribution is 9.09. The summed E-state index contributed by atoms with van der Waals surface area (Å²) in [6, 6.07) is 0. The van der Waals surface area contributed by atoms with Gasteiger partial charge in [-0.05, 0) is 49.9 Å². The molecule has 6 heteroatoms. The number of esters is 2. The molecule has 3 aliphatic carbocycles. The number of hydrogen-bond acceptors (Lipinski definition) is 5. The van der Waals surface area contributed by atoms with Crippen LogP contribution in [-0.4, -0.2) is 40.2 Å². The lowest BCUT2D eigenvalue weighted by Crippen LogP contribution is -2.68. The van der Waals surface area contributed by atoms with E-state index in [1.807, 2.05) is 0 Å². The number of carbonyl (C=O) groups excluding carboxylic acids is 2. The molecule has 152 valence electrons. The molecule has 0 aromatic carbocycles. The van der Waals surface area contributed by atoms with Gasteiger partial charge < -0.3 is 14.6 Å². The highest BCUT2D eigenvalue weighted by Gasteiger charge is 2.66. The van der Waals surface area contributed by atoms with Gasteiger partial charge in [0.2, 0.25) is 0 Å². The predicted octanol–water partition coefficient (Wildman–Crippen LogP) is 3.60. The monoisotopic (exact) mass is 442 g/mol. The Hall–Kier alpha value is -0.620. The molecule has 0 amide bonds. The zero-order valence-corrected chi connectivity index (χ0v) is 18.1. The second-order valence-corrected chi connectivity index (χ2v) is 11.1. The second-order valence-electron chi connectivity index (χ2n) is 9.95. The minimum Gasteiger partial charge on any atom is -0.465 e. The van der Waals surface area contributed by atoms with E-state index in [0.29, 0.717) is 37.2 Å². The Balaban J connectivity index is 1.64. The lowest BCUT2D eigenvalue weighted by atomic mass is 9.43. The van der Waals surface area contributed by atoms with Crippen molar-refractivity contribution in [3.05, 3.63) is 0 Å². The van der Waals surface area contributed by atoms with Gasteiger partial charge in [0.1, 0.15) is 6.10 Å². The van der Waals surface area contributed by atoms with E-state index >= 15 is 0 Å². The van der Waals surface area contributed by atoms with Crippen LogP contribution in [0.2, 0.25) is 0 Å². The third kappa shape index (κ3) is 2.88. The van der Waals surface area contributed by atoms with Crippen LogP contribution in [0.3, 0.4) is 0 Å². The lowest BCUT2D eigenvalue weighted by Gasteiger charge is -2.66. The van der Waals surface area contributed by atoms with Crippen LogP contribution in [0.5, 0.6) is 0 Å². The molecule has 27 heavy (non-hydrogen) atoms. The average Bonchev–Trinajstić information content (AvgIpc) is 2.58. The molecule has 1 heterocycles. The molecule has 0 bridgehead atoms. The molecule has 5 nitrogen and oxygen atoms in total. The van der Waals surface area contributed by atoms with Gasteiger partial charge in [-0.15, -0.1) is 0 Å². The zero-order valence-electron chi connectivity index (χ0n) is 16.5. The number of halogens is 1. The van der Waals surface area contributed by atoms with Gasteiger partial charge in [0.05, 0.1) is 12.2 Å². The molecular weight excluding hydrogens is 412 g/mol. The normalized spacial score (nSPS) is 52.0. The molecule has 8 atom stereocenters. The van der Waals surface area contributed by atoms with Crippen molar-refractivity contribution in [2.75, 3.05) is 6.61 Å². The number of alkyl halides is 1. The topological polar surface area (TPSA) is 72.8 Å². The van der Waals surface area contributed by atoms with Crippen molar-refractivity contribution < 1.29 is 24.2 Å². The minimum absolute atomic E-state index is 0.0581. The maximum absolute atomic E-state index is 12.1. The highest BCUT2D eigenvalue weighted by atomic mass is 79.9. The van der Waals surface area contributed by atoms with E-state index in [-0.39, 0.29) is 33.7 Å². The van der Waals surface area contributed by atoms with Crippen molar-refractivity contribution in [1.29, 1.82) is 0 Å². The fourth-order valence-corrected chi connectivity index (χ4v) is 8.12. The van der Waals surface area contributed by atoms with Crippen LogP contribution >= 0.6 is 15.9 Å². The Morgan fingerprint density at radius 1 is 1.26 bits per heavy atom. The van der Waals surface area contributed by atoms with Crippen LogP contribution in [0.25, 0.3) is 0 Å². The number of hydrogen-bond donors (Lipinski definition) is 1. The Kier molecular flexibility index (Phi) is 4.70. The summed E-state index contributed by atoms with van der Waals surface area (Å²) >= 11 is 3.82. The Morgan fingerprint density at radius 3 is 2.70 bits per heavy atom. The maximum atomic E-state index is 12.1. The van der Waals surface area contributed by atoms with Crippen LogP contribution in [-0.2, 0) is 19.1 Å². The molecular formula is C21H31BrO5. The van der Waals surface area contributed by atoms with Crippen molar-refractivity contribution in [3.63, 3.8) is 0 Å². The molecule has 4 rings (SSSR count). The second kappa shape index (κ2) is 6.45. The molecule has 0 radical (unpaired) electrons.